The van der Waals surface area contributed by atoms with Gasteiger partial charge in [-0.05, 0) is 64.1 Å². The van der Waals surface area contributed by atoms with Crippen LogP contribution < -0.4 is 15.4 Å². The monoisotopic (exact) mass is 552 g/mol. The Balaban J connectivity index is 1.20. The molecule has 3 fully saturated rings. The normalized spacial score (nSPS) is 29.8. The van der Waals surface area contributed by atoms with E-state index in [1.807, 2.05) is 0 Å². The standard InChI is InChI=1S/C24H30F6N4O4/c1-34-11-16(3-5-18(34)24(28,29)30)38-13-20(36)33-22-8-6-21(14-22,7-9-22)32-19(35)12-37-15-2-4-17(31-10-15)23(25,26)27/h2,4,10,16,18H,3,5-9,11-14H2,1H3,(H,32,35)(H,33,36). The van der Waals surface area contributed by atoms with Gasteiger partial charge in [0, 0.05) is 17.6 Å². The van der Waals surface area contributed by atoms with Crippen molar-refractivity contribution in [2.75, 3.05) is 26.8 Å². The van der Waals surface area contributed by atoms with Crippen molar-refractivity contribution in [2.24, 2.45) is 0 Å². The van der Waals surface area contributed by atoms with Gasteiger partial charge in [-0.25, -0.2) is 4.98 Å². The molecule has 14 heteroatoms. The number of halogens is 6. The smallest absolute Gasteiger partial charge is 0.433 e. The number of likely N-dealkylation sites (N-methyl/N-ethyl adjacent to an activating group) is 1. The molecule has 2 saturated carbocycles. The molecule has 0 radical (unpaired) electrons. The molecule has 1 aliphatic heterocycles. The zero-order valence-corrected chi connectivity index (χ0v) is 20.8. The average molecular weight is 553 g/mol. The Morgan fingerprint density at radius 1 is 1.00 bits per heavy atom. The van der Waals surface area contributed by atoms with Crippen molar-refractivity contribution in [3.05, 3.63) is 24.0 Å². The predicted octanol–water partition coefficient (Wildman–Crippen LogP) is 3.21. The van der Waals surface area contributed by atoms with Crippen molar-refractivity contribution in [3.8, 4) is 5.75 Å². The van der Waals surface area contributed by atoms with Gasteiger partial charge in [-0.15, -0.1) is 0 Å². The summed E-state index contributed by atoms with van der Waals surface area (Å²) in [5.41, 5.74) is -2.09. The molecule has 2 bridgehead atoms. The minimum atomic E-state index is -4.57. The van der Waals surface area contributed by atoms with Gasteiger partial charge in [-0.3, -0.25) is 14.5 Å². The number of aromatic nitrogens is 1. The van der Waals surface area contributed by atoms with Crippen molar-refractivity contribution in [1.82, 2.24) is 20.5 Å². The number of hydrogen-bond acceptors (Lipinski definition) is 6. The third-order valence-electron chi connectivity index (χ3n) is 7.66. The first-order chi connectivity index (χ1) is 17.7. The molecule has 1 aromatic heterocycles. The van der Waals surface area contributed by atoms with Gasteiger partial charge in [-0.1, -0.05) is 0 Å². The third kappa shape index (κ3) is 6.68. The van der Waals surface area contributed by atoms with Gasteiger partial charge in [-0.2, -0.15) is 26.3 Å². The van der Waals surface area contributed by atoms with Gasteiger partial charge in [0.1, 0.15) is 24.1 Å². The second-order valence-corrected chi connectivity index (χ2v) is 10.5. The molecule has 2 N–H and O–H groups in total. The SMILES string of the molecule is CN1CC(OCC(=O)NC23CCC(NC(=O)COc4ccc(C(F)(F)F)nc4)(CC2)C3)CCC1C(F)(F)F. The Hall–Kier alpha value is -2.61. The van der Waals surface area contributed by atoms with Crippen molar-refractivity contribution < 1.29 is 45.4 Å². The Morgan fingerprint density at radius 3 is 2.11 bits per heavy atom. The van der Waals surface area contributed by atoms with Gasteiger partial charge in [0.2, 0.25) is 5.91 Å². The van der Waals surface area contributed by atoms with Crippen LogP contribution in [0.25, 0.3) is 0 Å². The van der Waals surface area contributed by atoms with E-state index in [4.69, 9.17) is 9.47 Å². The molecule has 2 atom stereocenters. The summed E-state index contributed by atoms with van der Waals surface area (Å²) in [5.74, 6) is -0.758. The van der Waals surface area contributed by atoms with Crippen LogP contribution in [0, 0.1) is 0 Å². The van der Waals surface area contributed by atoms with Crippen molar-refractivity contribution >= 4 is 11.8 Å². The van der Waals surface area contributed by atoms with Crippen LogP contribution >= 0.6 is 0 Å². The minimum Gasteiger partial charge on any atom is -0.482 e. The lowest BCUT2D eigenvalue weighted by Crippen LogP contribution is -2.52. The Kier molecular flexibility index (Phi) is 7.86. The van der Waals surface area contributed by atoms with E-state index < -0.39 is 53.8 Å². The number of piperidine rings is 1. The van der Waals surface area contributed by atoms with Crippen molar-refractivity contribution in [1.29, 1.82) is 0 Å². The fourth-order valence-electron chi connectivity index (χ4n) is 5.84. The number of hydrogen-bond donors (Lipinski definition) is 2. The summed E-state index contributed by atoms with van der Waals surface area (Å²) in [6.45, 7) is -0.569. The Bertz CT molecular complexity index is 1010. The highest BCUT2D eigenvalue weighted by molar-refractivity contribution is 5.79. The van der Waals surface area contributed by atoms with Crippen molar-refractivity contribution in [2.45, 2.75) is 80.5 Å². The number of carbonyl (C=O) groups is 2. The first-order valence-corrected chi connectivity index (χ1v) is 12.4. The summed E-state index contributed by atoms with van der Waals surface area (Å²) >= 11 is 0. The highest BCUT2D eigenvalue weighted by Gasteiger charge is 2.55. The Labute approximate surface area is 215 Å². The number of rotatable bonds is 8. The van der Waals surface area contributed by atoms with E-state index in [0.29, 0.717) is 32.1 Å². The summed E-state index contributed by atoms with van der Waals surface area (Å²) < 4.78 is 87.7. The predicted molar refractivity (Wildman–Crippen MR) is 121 cm³/mol. The van der Waals surface area contributed by atoms with Crippen LogP contribution in [0.4, 0.5) is 26.3 Å². The van der Waals surface area contributed by atoms with E-state index in [2.05, 4.69) is 15.6 Å². The molecule has 2 amide bonds. The van der Waals surface area contributed by atoms with Crippen LogP contribution in [0.5, 0.6) is 5.75 Å². The molecule has 3 aliphatic rings. The van der Waals surface area contributed by atoms with E-state index in [1.165, 1.54) is 11.9 Å². The molecule has 38 heavy (non-hydrogen) atoms. The van der Waals surface area contributed by atoms with Crippen LogP contribution in [0.2, 0.25) is 0 Å². The molecular formula is C24H30F6N4O4. The number of carbonyl (C=O) groups excluding carboxylic acids is 2. The quantitative estimate of drug-likeness (QED) is 0.482. The maximum atomic E-state index is 13.0. The largest absolute Gasteiger partial charge is 0.482 e. The molecule has 0 aromatic carbocycles. The number of amides is 2. The lowest BCUT2D eigenvalue weighted by Gasteiger charge is -2.37. The second-order valence-electron chi connectivity index (χ2n) is 10.5. The molecule has 1 saturated heterocycles. The lowest BCUT2D eigenvalue weighted by atomic mass is 9.91. The van der Waals surface area contributed by atoms with Gasteiger partial charge >= 0.3 is 12.4 Å². The van der Waals surface area contributed by atoms with Gasteiger partial charge < -0.3 is 20.1 Å². The Morgan fingerprint density at radius 2 is 1.61 bits per heavy atom. The number of nitrogens with one attached hydrogen (secondary N) is 2. The van der Waals surface area contributed by atoms with E-state index in [1.54, 1.807) is 0 Å². The molecule has 2 aliphatic carbocycles. The number of fused-ring (bicyclic) bond motifs is 2. The van der Waals surface area contributed by atoms with E-state index >= 15 is 0 Å². The van der Waals surface area contributed by atoms with E-state index in [0.717, 1.165) is 18.3 Å². The molecule has 212 valence electrons. The van der Waals surface area contributed by atoms with Crippen molar-refractivity contribution in [3.63, 3.8) is 0 Å². The van der Waals surface area contributed by atoms with Crippen LogP contribution in [0.1, 0.15) is 50.6 Å². The lowest BCUT2D eigenvalue weighted by molar-refractivity contribution is -0.196. The number of nitrogens with zero attached hydrogens (tertiary/aromatic N) is 2. The minimum absolute atomic E-state index is 0.0307. The first kappa shape index (κ1) is 28.4. The number of ether oxygens (including phenoxy) is 2. The number of alkyl halides is 6. The molecule has 0 spiro atoms. The summed E-state index contributed by atoms with van der Waals surface area (Å²) in [6, 6.07) is 0.356. The second kappa shape index (κ2) is 10.5. The van der Waals surface area contributed by atoms with Crippen LogP contribution in [-0.2, 0) is 20.5 Å². The molecule has 8 nitrogen and oxygen atoms in total. The summed E-state index contributed by atoms with van der Waals surface area (Å²) in [7, 11) is 1.39. The maximum absolute atomic E-state index is 13.0. The third-order valence-corrected chi connectivity index (χ3v) is 7.66. The summed E-state index contributed by atoms with van der Waals surface area (Å²) in [5, 5.41) is 5.95. The summed E-state index contributed by atoms with van der Waals surface area (Å²) in [6.07, 6.45) is -5.24. The number of pyridine rings is 1. The van der Waals surface area contributed by atoms with Crippen LogP contribution in [0.3, 0.4) is 0 Å². The molecule has 4 rings (SSSR count). The first-order valence-electron chi connectivity index (χ1n) is 12.4. The summed E-state index contributed by atoms with van der Waals surface area (Å²) in [4.78, 5) is 29.6. The molecular weight excluding hydrogens is 522 g/mol. The molecule has 2 heterocycles. The fraction of sp³-hybridized carbons (Fsp3) is 0.708. The zero-order chi connectivity index (χ0) is 27.8. The fourth-order valence-corrected chi connectivity index (χ4v) is 5.84. The topological polar surface area (TPSA) is 92.8 Å². The van der Waals surface area contributed by atoms with Crippen LogP contribution in [-0.4, -0.2) is 77.9 Å². The van der Waals surface area contributed by atoms with Gasteiger partial charge in [0.05, 0.1) is 12.3 Å². The average Bonchev–Trinajstić information content (AvgIpc) is 3.35. The number of likely N-dealkylation sites (tertiary alicyclic amines) is 1. The van der Waals surface area contributed by atoms with E-state index in [-0.39, 0.29) is 37.6 Å². The van der Waals surface area contributed by atoms with Gasteiger partial charge in [0.25, 0.3) is 5.91 Å². The highest BCUT2D eigenvalue weighted by atomic mass is 19.4. The van der Waals surface area contributed by atoms with Crippen LogP contribution in [0.15, 0.2) is 18.3 Å². The molecule has 2 unspecified atom stereocenters. The zero-order valence-electron chi connectivity index (χ0n) is 20.8. The maximum Gasteiger partial charge on any atom is 0.433 e. The van der Waals surface area contributed by atoms with Gasteiger partial charge in [0.15, 0.2) is 6.61 Å². The van der Waals surface area contributed by atoms with E-state index in [9.17, 15) is 35.9 Å². The molecule has 1 aromatic rings. The highest BCUT2D eigenvalue weighted by Crippen LogP contribution is 2.50.